The van der Waals surface area contributed by atoms with Crippen LogP contribution in [-0.2, 0) is 4.84 Å². The quantitative estimate of drug-likeness (QED) is 0.627. The molecular weight excluding hydrogens is 253 g/mol. The number of hydrogen-bond acceptors (Lipinski definition) is 4. The number of nitrogens with zero attached hydrogens (tertiary/aromatic N) is 2. The molecule has 1 aliphatic rings. The van der Waals surface area contributed by atoms with Crippen molar-refractivity contribution in [3.63, 3.8) is 0 Å². The van der Waals surface area contributed by atoms with Crippen molar-refractivity contribution in [3.8, 4) is 0 Å². The summed E-state index contributed by atoms with van der Waals surface area (Å²) in [4.78, 5) is 16.6. The Bertz CT molecular complexity index is 503. The van der Waals surface area contributed by atoms with Crippen molar-refractivity contribution in [2.24, 2.45) is 5.16 Å². The molecule has 1 aromatic rings. The molecule has 0 spiro atoms. The van der Waals surface area contributed by atoms with Gasteiger partial charge in [-0.15, -0.1) is 0 Å². The molecule has 1 aliphatic heterocycles. The van der Waals surface area contributed by atoms with Crippen LogP contribution in [0.25, 0.3) is 0 Å². The first kappa shape index (κ1) is 13.3. The van der Waals surface area contributed by atoms with Crippen LogP contribution in [0.3, 0.4) is 0 Å². The lowest BCUT2D eigenvalue weighted by Gasteiger charge is -2.24. The van der Waals surface area contributed by atoms with E-state index in [-0.39, 0.29) is 5.82 Å². The van der Waals surface area contributed by atoms with Crippen LogP contribution in [0.1, 0.15) is 12.5 Å². The van der Waals surface area contributed by atoms with Gasteiger partial charge in [0.05, 0.1) is 0 Å². The molecule has 0 fully saturated rings. The lowest BCUT2D eigenvalue weighted by molar-refractivity contribution is -0.0866. The van der Waals surface area contributed by atoms with Crippen molar-refractivity contribution >= 4 is 11.7 Å². The zero-order chi connectivity index (χ0) is 14.0. The summed E-state index contributed by atoms with van der Waals surface area (Å²) in [6, 6.07) is 4.17. The number of carbonyl (C=O) groups excluding carboxylic acids is 1. The van der Waals surface area contributed by atoms with E-state index >= 15 is 0 Å². The van der Waals surface area contributed by atoms with Gasteiger partial charge in [0.2, 0.25) is 0 Å². The molecular formula is C12H14FN3O3. The van der Waals surface area contributed by atoms with E-state index in [0.29, 0.717) is 16.3 Å². The number of urea groups is 1. The Labute approximate surface area is 109 Å². The number of oxime groups is 1. The number of rotatable bonds is 2. The van der Waals surface area contributed by atoms with Crippen LogP contribution >= 0.6 is 0 Å². The van der Waals surface area contributed by atoms with E-state index in [0.717, 1.165) is 0 Å². The minimum absolute atomic E-state index is 0.374. The molecule has 2 atom stereocenters. The summed E-state index contributed by atoms with van der Waals surface area (Å²) in [6.45, 7) is 1.68. The molecule has 6 nitrogen and oxygen atoms in total. The van der Waals surface area contributed by atoms with Crippen molar-refractivity contribution in [1.82, 2.24) is 10.4 Å². The van der Waals surface area contributed by atoms with Gasteiger partial charge in [0.1, 0.15) is 17.6 Å². The Hall–Kier alpha value is -2.15. The molecule has 1 heterocycles. The third kappa shape index (κ3) is 2.50. The van der Waals surface area contributed by atoms with Crippen LogP contribution in [0.4, 0.5) is 9.18 Å². The molecule has 1 aromatic carbocycles. The lowest BCUT2D eigenvalue weighted by Crippen LogP contribution is -2.50. The van der Waals surface area contributed by atoms with Crippen molar-refractivity contribution in [1.29, 1.82) is 0 Å². The zero-order valence-corrected chi connectivity index (χ0v) is 10.5. The van der Waals surface area contributed by atoms with Crippen molar-refractivity contribution in [2.45, 2.75) is 19.1 Å². The van der Waals surface area contributed by atoms with Gasteiger partial charge in [0.15, 0.2) is 6.10 Å². The van der Waals surface area contributed by atoms with Gasteiger partial charge >= 0.3 is 6.03 Å². The fourth-order valence-corrected chi connectivity index (χ4v) is 1.87. The predicted molar refractivity (Wildman–Crippen MR) is 65.4 cm³/mol. The van der Waals surface area contributed by atoms with E-state index in [9.17, 15) is 14.4 Å². The molecule has 2 rings (SSSR count). The Morgan fingerprint density at radius 3 is 2.68 bits per heavy atom. The van der Waals surface area contributed by atoms with Crippen LogP contribution in [0, 0.1) is 5.82 Å². The topological polar surface area (TPSA) is 74.2 Å². The van der Waals surface area contributed by atoms with E-state index in [2.05, 4.69) is 10.5 Å². The molecule has 0 aliphatic carbocycles. The average Bonchev–Trinajstić information content (AvgIpc) is 2.79. The maximum atomic E-state index is 12.9. The number of nitrogens with one attached hydrogen (secondary N) is 1. The molecule has 102 valence electrons. The molecule has 7 heteroatoms. The Morgan fingerprint density at radius 1 is 1.47 bits per heavy atom. The standard InChI is InChI=1S/C12H14FN3O3/c1-7-11(16(18)12(17)14-2)10(15-19-7)8-3-5-9(13)6-4-8/h3-7,11,18H,1-2H3,(H,14,17). The minimum Gasteiger partial charge on any atom is -0.390 e. The van der Waals surface area contributed by atoms with Gasteiger partial charge in [0, 0.05) is 12.6 Å². The fourth-order valence-electron chi connectivity index (χ4n) is 1.87. The summed E-state index contributed by atoms with van der Waals surface area (Å²) < 4.78 is 12.9. The highest BCUT2D eigenvalue weighted by Gasteiger charge is 2.38. The average molecular weight is 267 g/mol. The first-order chi connectivity index (χ1) is 9.04. The lowest BCUT2D eigenvalue weighted by atomic mass is 10.00. The third-order valence-electron chi connectivity index (χ3n) is 2.87. The van der Waals surface area contributed by atoms with E-state index in [4.69, 9.17) is 4.84 Å². The molecule has 0 bridgehead atoms. The Kier molecular flexibility index (Phi) is 3.66. The second-order valence-corrected chi connectivity index (χ2v) is 4.14. The number of carbonyl (C=O) groups is 1. The maximum absolute atomic E-state index is 12.9. The highest BCUT2D eigenvalue weighted by atomic mass is 19.1. The molecule has 2 N–H and O–H groups in total. The van der Waals surface area contributed by atoms with Crippen molar-refractivity contribution < 1.29 is 19.2 Å². The van der Waals surface area contributed by atoms with Gasteiger partial charge in [-0.25, -0.2) is 9.18 Å². The maximum Gasteiger partial charge on any atom is 0.341 e. The fraction of sp³-hybridized carbons (Fsp3) is 0.333. The predicted octanol–water partition coefficient (Wildman–Crippen LogP) is 1.35. The SMILES string of the molecule is CNC(=O)N(O)C1C(c2ccc(F)cc2)=NOC1C. The highest BCUT2D eigenvalue weighted by molar-refractivity contribution is 6.06. The number of hydroxylamine groups is 2. The van der Waals surface area contributed by atoms with Gasteiger partial charge in [-0.2, -0.15) is 5.06 Å². The van der Waals surface area contributed by atoms with Crippen LogP contribution in [-0.4, -0.2) is 41.2 Å². The number of benzene rings is 1. The van der Waals surface area contributed by atoms with Gasteiger partial charge in [-0.1, -0.05) is 17.3 Å². The second kappa shape index (κ2) is 5.23. The minimum atomic E-state index is -0.745. The molecule has 0 radical (unpaired) electrons. The monoisotopic (exact) mass is 267 g/mol. The summed E-state index contributed by atoms with van der Waals surface area (Å²) in [5.41, 5.74) is 0.956. The molecule has 0 saturated carbocycles. The van der Waals surface area contributed by atoms with Gasteiger partial charge in [-0.05, 0) is 19.1 Å². The van der Waals surface area contributed by atoms with Crippen LogP contribution in [0.2, 0.25) is 0 Å². The van der Waals surface area contributed by atoms with Crippen LogP contribution < -0.4 is 5.32 Å². The molecule has 0 aromatic heterocycles. The highest BCUT2D eigenvalue weighted by Crippen LogP contribution is 2.21. The summed E-state index contributed by atoms with van der Waals surface area (Å²) in [6.07, 6.45) is -0.498. The third-order valence-corrected chi connectivity index (χ3v) is 2.87. The van der Waals surface area contributed by atoms with Crippen LogP contribution in [0.5, 0.6) is 0 Å². The first-order valence-corrected chi connectivity index (χ1v) is 5.74. The Balaban J connectivity index is 2.29. The van der Waals surface area contributed by atoms with Gasteiger partial charge in [0.25, 0.3) is 0 Å². The normalized spacial score (nSPS) is 21.6. The van der Waals surface area contributed by atoms with Crippen molar-refractivity contribution in [3.05, 3.63) is 35.6 Å². The first-order valence-electron chi connectivity index (χ1n) is 5.74. The van der Waals surface area contributed by atoms with Gasteiger partial charge < -0.3 is 10.2 Å². The summed E-state index contributed by atoms with van der Waals surface area (Å²) in [7, 11) is 1.40. The second-order valence-electron chi connectivity index (χ2n) is 4.14. The molecule has 2 unspecified atom stereocenters. The largest absolute Gasteiger partial charge is 0.390 e. The smallest absolute Gasteiger partial charge is 0.341 e. The summed E-state index contributed by atoms with van der Waals surface area (Å²) in [5.74, 6) is -0.375. The number of amides is 2. The molecule has 0 saturated heterocycles. The molecule has 2 amide bonds. The summed E-state index contributed by atoms with van der Waals surface area (Å²) in [5, 5.41) is 16.5. The van der Waals surface area contributed by atoms with E-state index < -0.39 is 18.2 Å². The molecule has 19 heavy (non-hydrogen) atoms. The van der Waals surface area contributed by atoms with E-state index in [1.807, 2.05) is 0 Å². The zero-order valence-electron chi connectivity index (χ0n) is 10.5. The van der Waals surface area contributed by atoms with Gasteiger partial charge in [-0.3, -0.25) is 5.21 Å². The summed E-state index contributed by atoms with van der Waals surface area (Å²) >= 11 is 0. The number of halogens is 1. The van der Waals surface area contributed by atoms with Crippen molar-refractivity contribution in [2.75, 3.05) is 7.05 Å². The number of hydrogen-bond donors (Lipinski definition) is 2. The van der Waals surface area contributed by atoms with E-state index in [1.165, 1.54) is 31.3 Å². The van der Waals surface area contributed by atoms with E-state index in [1.54, 1.807) is 6.92 Å². The van der Waals surface area contributed by atoms with Crippen LogP contribution in [0.15, 0.2) is 29.4 Å². The Morgan fingerprint density at radius 2 is 2.11 bits per heavy atom.